The van der Waals surface area contributed by atoms with Crippen molar-refractivity contribution in [2.75, 3.05) is 13.2 Å². The summed E-state index contributed by atoms with van der Waals surface area (Å²) in [6, 6.07) is 12.9. The summed E-state index contributed by atoms with van der Waals surface area (Å²) in [6.07, 6.45) is 2.90. The second-order valence-electron chi connectivity index (χ2n) is 6.88. The summed E-state index contributed by atoms with van der Waals surface area (Å²) in [7, 11) is -3.52. The van der Waals surface area contributed by atoms with E-state index in [1.165, 1.54) is 0 Å². The zero-order valence-corrected chi connectivity index (χ0v) is 15.4. The zero-order valence-electron chi connectivity index (χ0n) is 14.6. The van der Waals surface area contributed by atoms with Crippen LogP contribution in [0.2, 0.25) is 0 Å². The van der Waals surface area contributed by atoms with Crippen molar-refractivity contribution in [1.82, 2.24) is 4.72 Å². The smallest absolute Gasteiger partial charge is 0.404 e. The van der Waals surface area contributed by atoms with Gasteiger partial charge in [-0.05, 0) is 60.4 Å². The van der Waals surface area contributed by atoms with Gasteiger partial charge in [0.05, 0.1) is 11.5 Å². The highest BCUT2D eigenvalue weighted by Gasteiger charge is 2.24. The van der Waals surface area contributed by atoms with Crippen LogP contribution >= 0.6 is 0 Å². The van der Waals surface area contributed by atoms with Gasteiger partial charge < -0.3 is 10.5 Å². The van der Waals surface area contributed by atoms with E-state index in [0.717, 1.165) is 36.5 Å². The lowest BCUT2D eigenvalue weighted by molar-refractivity contribution is 0.117. The van der Waals surface area contributed by atoms with E-state index in [4.69, 9.17) is 10.5 Å². The van der Waals surface area contributed by atoms with E-state index in [1.807, 2.05) is 30.3 Å². The molecule has 2 aromatic carbocycles. The molecule has 1 aliphatic rings. The van der Waals surface area contributed by atoms with Crippen molar-refractivity contribution in [2.45, 2.75) is 30.6 Å². The first-order valence-electron chi connectivity index (χ1n) is 8.85. The minimum atomic E-state index is -3.52. The Morgan fingerprint density at radius 3 is 2.38 bits per heavy atom. The monoisotopic (exact) mass is 376 g/mol. The fourth-order valence-corrected chi connectivity index (χ4v) is 4.60. The molecule has 0 aliphatic heterocycles. The molecule has 0 unspecified atom stereocenters. The molecule has 6 nitrogen and oxygen atoms in total. The molecule has 0 radical (unpaired) electrons. The summed E-state index contributed by atoms with van der Waals surface area (Å²) < 4.78 is 32.7. The maximum absolute atomic E-state index is 12.6. The number of fused-ring (bicyclic) bond motifs is 1. The average Bonchev–Trinajstić information content (AvgIpc) is 2.65. The van der Waals surface area contributed by atoms with E-state index in [9.17, 15) is 13.2 Å². The Morgan fingerprint density at radius 1 is 1.04 bits per heavy atom. The van der Waals surface area contributed by atoms with Gasteiger partial charge in [0, 0.05) is 6.54 Å². The zero-order chi connectivity index (χ0) is 18.6. The molecule has 0 aromatic heterocycles. The van der Waals surface area contributed by atoms with Crippen LogP contribution in [0.25, 0.3) is 10.8 Å². The highest BCUT2D eigenvalue weighted by Crippen LogP contribution is 2.29. The van der Waals surface area contributed by atoms with Crippen LogP contribution in [0.5, 0.6) is 0 Å². The third-order valence-electron chi connectivity index (χ3n) is 5.02. The molecule has 7 heteroatoms. The van der Waals surface area contributed by atoms with Gasteiger partial charge in [-0.15, -0.1) is 0 Å². The number of sulfonamides is 1. The molecule has 3 rings (SSSR count). The molecular weight excluding hydrogens is 352 g/mol. The Morgan fingerprint density at radius 2 is 1.69 bits per heavy atom. The number of benzene rings is 2. The van der Waals surface area contributed by atoms with E-state index in [1.54, 1.807) is 12.1 Å². The topological polar surface area (TPSA) is 98.5 Å². The van der Waals surface area contributed by atoms with Crippen LogP contribution in [-0.4, -0.2) is 27.7 Å². The predicted molar refractivity (Wildman–Crippen MR) is 100 cm³/mol. The van der Waals surface area contributed by atoms with E-state index < -0.39 is 16.1 Å². The van der Waals surface area contributed by atoms with Crippen molar-refractivity contribution >= 4 is 26.9 Å². The lowest BCUT2D eigenvalue weighted by Crippen LogP contribution is -2.32. The van der Waals surface area contributed by atoms with Gasteiger partial charge in [-0.25, -0.2) is 17.9 Å². The number of rotatable bonds is 6. The summed E-state index contributed by atoms with van der Waals surface area (Å²) in [4.78, 5) is 11.0. The Labute approximate surface area is 153 Å². The Balaban J connectivity index is 1.54. The van der Waals surface area contributed by atoms with E-state index in [-0.39, 0.29) is 0 Å². The van der Waals surface area contributed by atoms with Gasteiger partial charge in [-0.2, -0.15) is 0 Å². The molecule has 1 amide bonds. The predicted octanol–water partition coefficient (Wildman–Crippen LogP) is 3.02. The molecule has 0 heterocycles. The number of carbonyl (C=O) groups is 1. The third kappa shape index (κ3) is 4.74. The van der Waals surface area contributed by atoms with Gasteiger partial charge in [-0.3, -0.25) is 0 Å². The Hall–Kier alpha value is -2.12. The first-order valence-corrected chi connectivity index (χ1v) is 10.3. The number of hydrogen-bond donors (Lipinski definition) is 2. The number of carbonyl (C=O) groups excluding carboxylic acids is 1. The summed E-state index contributed by atoms with van der Waals surface area (Å²) in [5.41, 5.74) is 4.98. The summed E-state index contributed by atoms with van der Waals surface area (Å²) >= 11 is 0. The van der Waals surface area contributed by atoms with Gasteiger partial charge in [0.2, 0.25) is 10.0 Å². The van der Waals surface area contributed by atoms with Crippen LogP contribution in [0.3, 0.4) is 0 Å². The van der Waals surface area contributed by atoms with Crippen LogP contribution in [0.15, 0.2) is 47.4 Å². The molecule has 0 atom stereocenters. The Kier molecular flexibility index (Phi) is 5.78. The molecule has 1 saturated carbocycles. The molecule has 0 saturated heterocycles. The van der Waals surface area contributed by atoms with E-state index in [0.29, 0.717) is 29.9 Å². The number of nitrogens with one attached hydrogen (secondary N) is 1. The second-order valence-corrected chi connectivity index (χ2v) is 8.64. The van der Waals surface area contributed by atoms with E-state index in [2.05, 4.69) is 4.72 Å². The van der Waals surface area contributed by atoms with Gasteiger partial charge in [0.25, 0.3) is 0 Å². The lowest BCUT2D eigenvalue weighted by Gasteiger charge is -2.28. The minimum Gasteiger partial charge on any atom is -0.449 e. The third-order valence-corrected chi connectivity index (χ3v) is 6.44. The fourth-order valence-electron chi connectivity index (χ4n) is 3.45. The number of amides is 1. The largest absolute Gasteiger partial charge is 0.449 e. The first kappa shape index (κ1) is 18.7. The minimum absolute atomic E-state index is 0.291. The molecule has 2 aromatic rings. The van der Waals surface area contributed by atoms with Crippen LogP contribution in [-0.2, 0) is 14.8 Å². The lowest BCUT2D eigenvalue weighted by atomic mass is 9.82. The van der Waals surface area contributed by atoms with Gasteiger partial charge in [0.15, 0.2) is 0 Å². The second kappa shape index (κ2) is 8.05. The van der Waals surface area contributed by atoms with Crippen molar-refractivity contribution in [2.24, 2.45) is 17.6 Å². The highest BCUT2D eigenvalue weighted by molar-refractivity contribution is 7.89. The van der Waals surface area contributed by atoms with Gasteiger partial charge in [0.1, 0.15) is 0 Å². The number of ether oxygens (including phenoxy) is 1. The van der Waals surface area contributed by atoms with Gasteiger partial charge in [-0.1, -0.05) is 30.3 Å². The van der Waals surface area contributed by atoms with E-state index >= 15 is 0 Å². The molecule has 1 fully saturated rings. The van der Waals surface area contributed by atoms with Crippen molar-refractivity contribution in [1.29, 1.82) is 0 Å². The maximum Gasteiger partial charge on any atom is 0.404 e. The van der Waals surface area contributed by atoms with Gasteiger partial charge >= 0.3 is 6.09 Å². The first-order chi connectivity index (χ1) is 12.4. The highest BCUT2D eigenvalue weighted by atomic mass is 32.2. The van der Waals surface area contributed by atoms with Crippen LogP contribution in [0.4, 0.5) is 4.79 Å². The number of hydrogen-bond acceptors (Lipinski definition) is 4. The molecular formula is C19H24N2O4S. The maximum atomic E-state index is 12.6. The molecule has 140 valence electrons. The van der Waals surface area contributed by atoms with Crippen LogP contribution in [0.1, 0.15) is 25.7 Å². The van der Waals surface area contributed by atoms with Crippen molar-refractivity contribution in [3.8, 4) is 0 Å². The summed E-state index contributed by atoms with van der Waals surface area (Å²) in [5.74, 6) is 0.617. The van der Waals surface area contributed by atoms with Crippen molar-refractivity contribution in [3.63, 3.8) is 0 Å². The molecule has 1 aliphatic carbocycles. The fraction of sp³-hybridized carbons (Fsp3) is 0.421. The van der Waals surface area contributed by atoms with Crippen LogP contribution < -0.4 is 10.5 Å². The quantitative estimate of drug-likeness (QED) is 0.809. The summed E-state index contributed by atoms with van der Waals surface area (Å²) in [5, 5.41) is 1.92. The summed E-state index contributed by atoms with van der Waals surface area (Å²) in [6.45, 7) is 0.781. The SMILES string of the molecule is NC(=O)OCC1CCC(CNS(=O)(=O)c2ccc3ccccc3c2)CC1. The molecule has 3 N–H and O–H groups in total. The average molecular weight is 376 g/mol. The number of primary amides is 1. The standard InChI is InChI=1S/C19H24N2O4S/c20-19(22)25-13-15-7-5-14(6-8-15)12-21-26(23,24)18-10-9-16-3-1-2-4-17(16)11-18/h1-4,9-11,14-15,21H,5-8,12-13H2,(H2,20,22). The van der Waals surface area contributed by atoms with Crippen molar-refractivity contribution in [3.05, 3.63) is 42.5 Å². The van der Waals surface area contributed by atoms with Crippen molar-refractivity contribution < 1.29 is 17.9 Å². The molecule has 0 bridgehead atoms. The Bertz CT molecular complexity index is 874. The molecule has 26 heavy (non-hydrogen) atoms. The van der Waals surface area contributed by atoms with Crippen LogP contribution in [0, 0.1) is 11.8 Å². The number of nitrogens with two attached hydrogens (primary N) is 1. The normalized spacial score (nSPS) is 20.8. The molecule has 0 spiro atoms.